The molecular formula is C14H16F3NO4. The van der Waals surface area contributed by atoms with Crippen LogP contribution in [0.2, 0.25) is 0 Å². The minimum atomic E-state index is -4.74. The number of amides is 1. The minimum Gasteiger partial charge on any atom is -0.479 e. The van der Waals surface area contributed by atoms with Crippen LogP contribution in [0.4, 0.5) is 18.0 Å². The molecule has 8 heteroatoms. The van der Waals surface area contributed by atoms with E-state index in [0.717, 1.165) is 18.2 Å². The number of halogens is 3. The number of nitrogens with one attached hydrogen (secondary N) is 1. The van der Waals surface area contributed by atoms with E-state index in [1.54, 1.807) is 20.8 Å². The Morgan fingerprint density at radius 1 is 1.18 bits per heavy atom. The second-order valence-electron chi connectivity index (χ2n) is 5.50. The third-order valence-corrected chi connectivity index (χ3v) is 2.49. The summed E-state index contributed by atoms with van der Waals surface area (Å²) in [7, 11) is 0. The van der Waals surface area contributed by atoms with Gasteiger partial charge in [-0.1, -0.05) is 18.2 Å². The Kier molecular flexibility index (Phi) is 5.05. The second-order valence-corrected chi connectivity index (χ2v) is 5.50. The molecule has 0 aliphatic carbocycles. The Morgan fingerprint density at radius 3 is 2.18 bits per heavy atom. The average molecular weight is 319 g/mol. The zero-order valence-corrected chi connectivity index (χ0v) is 12.2. The van der Waals surface area contributed by atoms with Gasteiger partial charge in [0, 0.05) is 0 Å². The summed E-state index contributed by atoms with van der Waals surface area (Å²) in [5, 5.41) is 11.1. The van der Waals surface area contributed by atoms with E-state index in [2.05, 4.69) is 0 Å². The molecule has 0 aliphatic heterocycles. The van der Waals surface area contributed by atoms with Crippen LogP contribution in [-0.2, 0) is 15.7 Å². The molecule has 1 aromatic rings. The third kappa shape index (κ3) is 4.94. The largest absolute Gasteiger partial charge is 0.479 e. The van der Waals surface area contributed by atoms with Crippen molar-refractivity contribution in [3.8, 4) is 0 Å². The summed E-state index contributed by atoms with van der Waals surface area (Å²) in [5.74, 6) is -1.62. The number of rotatable bonds is 3. The van der Waals surface area contributed by atoms with E-state index in [0.29, 0.717) is 0 Å². The van der Waals surface area contributed by atoms with Gasteiger partial charge in [-0.2, -0.15) is 13.2 Å². The van der Waals surface area contributed by atoms with Crippen molar-refractivity contribution < 1.29 is 32.6 Å². The van der Waals surface area contributed by atoms with E-state index in [1.165, 1.54) is 6.07 Å². The van der Waals surface area contributed by atoms with Gasteiger partial charge in [0.1, 0.15) is 5.60 Å². The molecule has 0 radical (unpaired) electrons. The van der Waals surface area contributed by atoms with Gasteiger partial charge in [-0.25, -0.2) is 9.59 Å². The fraction of sp³-hybridized carbons (Fsp3) is 0.429. The number of alkyl carbamates (subject to hydrolysis) is 1. The first-order valence-corrected chi connectivity index (χ1v) is 6.30. The fourth-order valence-corrected chi connectivity index (χ4v) is 1.70. The van der Waals surface area contributed by atoms with Crippen molar-refractivity contribution in [1.82, 2.24) is 5.32 Å². The van der Waals surface area contributed by atoms with Crippen molar-refractivity contribution in [2.75, 3.05) is 0 Å². The van der Waals surface area contributed by atoms with Crippen molar-refractivity contribution >= 4 is 12.1 Å². The van der Waals surface area contributed by atoms with Gasteiger partial charge < -0.3 is 15.2 Å². The van der Waals surface area contributed by atoms with Crippen LogP contribution in [0.3, 0.4) is 0 Å². The molecule has 0 aliphatic rings. The Morgan fingerprint density at radius 2 is 1.73 bits per heavy atom. The fourth-order valence-electron chi connectivity index (χ4n) is 1.70. The summed E-state index contributed by atoms with van der Waals surface area (Å²) in [4.78, 5) is 22.9. The number of carbonyl (C=O) groups is 2. The van der Waals surface area contributed by atoms with Crippen molar-refractivity contribution in [1.29, 1.82) is 0 Å². The zero-order chi connectivity index (χ0) is 17.1. The van der Waals surface area contributed by atoms with Crippen LogP contribution in [0, 0.1) is 0 Å². The topological polar surface area (TPSA) is 75.6 Å². The number of aliphatic carboxylic acids is 1. The van der Waals surface area contributed by atoms with E-state index in [4.69, 9.17) is 9.84 Å². The van der Waals surface area contributed by atoms with E-state index in [-0.39, 0.29) is 0 Å². The van der Waals surface area contributed by atoms with Gasteiger partial charge >= 0.3 is 18.2 Å². The SMILES string of the molecule is CC(C)(C)OC(=O)N[C@@H](C(=O)O)c1ccccc1C(F)(F)F. The number of hydrogen-bond donors (Lipinski definition) is 2. The van der Waals surface area contributed by atoms with Crippen LogP contribution in [-0.4, -0.2) is 22.8 Å². The van der Waals surface area contributed by atoms with Crippen molar-refractivity contribution in [3.05, 3.63) is 35.4 Å². The monoisotopic (exact) mass is 319 g/mol. The number of carboxylic acids is 1. The highest BCUT2D eigenvalue weighted by Gasteiger charge is 2.37. The van der Waals surface area contributed by atoms with Crippen LogP contribution >= 0.6 is 0 Å². The lowest BCUT2D eigenvalue weighted by atomic mass is 10.00. The molecule has 1 amide bonds. The molecule has 1 atom stereocenters. The molecule has 1 aromatic carbocycles. The molecule has 0 saturated carbocycles. The molecule has 122 valence electrons. The Hall–Kier alpha value is -2.25. The van der Waals surface area contributed by atoms with E-state index in [1.807, 2.05) is 5.32 Å². The zero-order valence-electron chi connectivity index (χ0n) is 12.2. The van der Waals surface area contributed by atoms with Crippen molar-refractivity contribution in [2.45, 2.75) is 38.6 Å². The highest BCUT2D eigenvalue weighted by atomic mass is 19.4. The minimum absolute atomic E-state index is 0.562. The van der Waals surface area contributed by atoms with Gasteiger partial charge in [0.05, 0.1) is 5.56 Å². The predicted molar refractivity (Wildman–Crippen MR) is 71.2 cm³/mol. The average Bonchev–Trinajstić information content (AvgIpc) is 2.32. The smallest absolute Gasteiger partial charge is 0.416 e. The molecule has 0 aromatic heterocycles. The number of carboxylic acid groups (broad SMARTS) is 1. The van der Waals surface area contributed by atoms with Gasteiger partial charge in [-0.3, -0.25) is 0 Å². The third-order valence-electron chi connectivity index (χ3n) is 2.49. The molecule has 5 nitrogen and oxygen atoms in total. The molecule has 0 fully saturated rings. The molecule has 2 N–H and O–H groups in total. The summed E-state index contributed by atoms with van der Waals surface area (Å²) in [6, 6.07) is 2.28. The van der Waals surface area contributed by atoms with Gasteiger partial charge in [0.15, 0.2) is 6.04 Å². The first-order valence-electron chi connectivity index (χ1n) is 6.30. The summed E-state index contributed by atoms with van der Waals surface area (Å²) < 4.78 is 43.7. The van der Waals surface area contributed by atoms with Crippen LogP contribution in [0.15, 0.2) is 24.3 Å². The Bertz CT molecular complexity index is 564. The Labute approximate surface area is 125 Å². The number of ether oxygens (including phenoxy) is 1. The van der Waals surface area contributed by atoms with Gasteiger partial charge in [0.25, 0.3) is 0 Å². The predicted octanol–water partition coefficient (Wildman–Crippen LogP) is 3.36. The van der Waals surface area contributed by atoms with Crippen molar-refractivity contribution in [3.63, 3.8) is 0 Å². The highest BCUT2D eigenvalue weighted by Crippen LogP contribution is 2.34. The van der Waals surface area contributed by atoms with Crippen LogP contribution in [0.5, 0.6) is 0 Å². The molecular weight excluding hydrogens is 303 g/mol. The van der Waals surface area contributed by atoms with E-state index >= 15 is 0 Å². The van der Waals surface area contributed by atoms with E-state index < -0.39 is 41.0 Å². The quantitative estimate of drug-likeness (QED) is 0.896. The summed E-state index contributed by atoms with van der Waals surface area (Å²) in [6.45, 7) is 4.64. The van der Waals surface area contributed by atoms with Crippen molar-refractivity contribution in [2.24, 2.45) is 0 Å². The summed E-state index contributed by atoms with van der Waals surface area (Å²) in [6.07, 6.45) is -5.85. The molecule has 0 saturated heterocycles. The normalized spacial score (nSPS) is 13.4. The lowest BCUT2D eigenvalue weighted by Crippen LogP contribution is -2.38. The molecule has 0 bridgehead atoms. The first kappa shape index (κ1) is 17.8. The maximum atomic E-state index is 12.9. The van der Waals surface area contributed by atoms with Gasteiger partial charge in [-0.15, -0.1) is 0 Å². The lowest BCUT2D eigenvalue weighted by Gasteiger charge is -2.23. The van der Waals surface area contributed by atoms with E-state index in [9.17, 15) is 22.8 Å². The van der Waals surface area contributed by atoms with Crippen LogP contribution in [0.1, 0.15) is 37.9 Å². The summed E-state index contributed by atoms with van der Waals surface area (Å²) >= 11 is 0. The molecule has 0 spiro atoms. The number of benzene rings is 1. The lowest BCUT2D eigenvalue weighted by molar-refractivity contribution is -0.142. The maximum absolute atomic E-state index is 12.9. The molecule has 0 heterocycles. The van der Waals surface area contributed by atoms with Crippen LogP contribution in [0.25, 0.3) is 0 Å². The summed E-state index contributed by atoms with van der Waals surface area (Å²) in [5.41, 5.74) is -2.59. The van der Waals surface area contributed by atoms with Gasteiger partial charge in [0.2, 0.25) is 0 Å². The standard InChI is InChI=1S/C14H16F3NO4/c1-13(2,3)22-12(21)18-10(11(19)20)8-6-4-5-7-9(8)14(15,16)17/h4-7,10H,1-3H3,(H,18,21)(H,19,20)/t10-/m1/s1. The number of alkyl halides is 3. The molecule has 0 unspecified atom stereocenters. The number of carbonyl (C=O) groups excluding carboxylic acids is 1. The molecule has 22 heavy (non-hydrogen) atoms. The maximum Gasteiger partial charge on any atom is 0.416 e. The Balaban J connectivity index is 3.13. The van der Waals surface area contributed by atoms with Crippen LogP contribution < -0.4 is 5.32 Å². The molecule has 1 rings (SSSR count). The van der Waals surface area contributed by atoms with Gasteiger partial charge in [-0.05, 0) is 32.4 Å². The highest BCUT2D eigenvalue weighted by molar-refractivity contribution is 5.82. The second kappa shape index (κ2) is 6.25. The number of hydrogen-bond acceptors (Lipinski definition) is 3. The first-order chi connectivity index (χ1) is 9.92.